The molecular formula is C36H36FN7OS. The van der Waals surface area contributed by atoms with Crippen LogP contribution in [0.4, 0.5) is 10.1 Å². The highest BCUT2D eigenvalue weighted by atomic mass is 32.2. The van der Waals surface area contributed by atoms with Gasteiger partial charge in [0.2, 0.25) is 5.91 Å². The monoisotopic (exact) mass is 633 g/mol. The van der Waals surface area contributed by atoms with E-state index in [9.17, 15) is 9.18 Å². The number of hydrogen-bond acceptors (Lipinski definition) is 6. The Hall–Kier alpha value is -4.54. The number of fused-ring (bicyclic) bond motifs is 5. The zero-order valence-corrected chi connectivity index (χ0v) is 26.3. The molecule has 2 atom stereocenters. The van der Waals surface area contributed by atoms with Gasteiger partial charge >= 0.3 is 0 Å². The quantitative estimate of drug-likeness (QED) is 0.237. The smallest absolute Gasteiger partial charge is 0.230 e. The summed E-state index contributed by atoms with van der Waals surface area (Å²) in [6, 6.07) is 23.3. The molecule has 3 saturated heterocycles. The van der Waals surface area contributed by atoms with Crippen LogP contribution in [0.3, 0.4) is 0 Å². The van der Waals surface area contributed by atoms with Crippen LogP contribution in [-0.4, -0.2) is 68.2 Å². The first-order valence-electron chi connectivity index (χ1n) is 15.9. The number of nitrogens with zero attached hydrogens (tertiary/aromatic N) is 5. The van der Waals surface area contributed by atoms with Gasteiger partial charge in [-0.3, -0.25) is 9.48 Å². The zero-order valence-electron chi connectivity index (χ0n) is 25.5. The Labute approximate surface area is 270 Å². The highest BCUT2D eigenvalue weighted by molar-refractivity contribution is 8.19. The first kappa shape index (κ1) is 28.9. The number of nitrogens with one attached hydrogen (secondary N) is 2. The van der Waals surface area contributed by atoms with Crippen molar-refractivity contribution in [3.63, 3.8) is 0 Å². The Balaban J connectivity index is 1.05. The summed E-state index contributed by atoms with van der Waals surface area (Å²) in [5.41, 5.74) is 4.93. The number of amides is 1. The largest absolute Gasteiger partial charge is 0.351 e. The predicted molar refractivity (Wildman–Crippen MR) is 184 cm³/mol. The molecule has 2 N–H and O–H groups in total. The van der Waals surface area contributed by atoms with E-state index in [1.54, 1.807) is 6.07 Å². The van der Waals surface area contributed by atoms with Gasteiger partial charge < -0.3 is 20.4 Å². The lowest BCUT2D eigenvalue weighted by Gasteiger charge is -2.45. The third-order valence-electron chi connectivity index (χ3n) is 9.33. The maximum Gasteiger partial charge on any atom is 0.230 e. The SMILES string of the molecule is O=C(CS1=C2C(=C(Nc3ccc4c(cnn4Cc4cccc(F)c4)c3)N=CN2Cc2ccccc2)C=C1)NC1CN2CCC1CC2. The van der Waals surface area contributed by atoms with Gasteiger partial charge in [-0.1, -0.05) is 42.5 Å². The number of piperidine rings is 3. The van der Waals surface area contributed by atoms with Gasteiger partial charge in [-0.25, -0.2) is 9.38 Å². The van der Waals surface area contributed by atoms with Gasteiger partial charge in [0.25, 0.3) is 0 Å². The van der Waals surface area contributed by atoms with Crippen LogP contribution in [0.2, 0.25) is 0 Å². The number of halogens is 1. The Morgan fingerprint density at radius 1 is 0.978 bits per heavy atom. The number of hydrogen-bond donors (Lipinski definition) is 2. The summed E-state index contributed by atoms with van der Waals surface area (Å²) in [7, 11) is -0.396. The van der Waals surface area contributed by atoms with E-state index in [-0.39, 0.29) is 17.8 Å². The highest BCUT2D eigenvalue weighted by Crippen LogP contribution is 2.36. The normalized spacial score (nSPS) is 23.3. The Morgan fingerprint density at radius 2 is 1.83 bits per heavy atom. The first-order valence-corrected chi connectivity index (χ1v) is 17.3. The number of aromatic nitrogens is 2. The van der Waals surface area contributed by atoms with Crippen molar-refractivity contribution in [2.45, 2.75) is 32.0 Å². The van der Waals surface area contributed by atoms with Crippen LogP contribution in [0.5, 0.6) is 0 Å². The molecule has 10 heteroatoms. The molecule has 3 fully saturated rings. The third kappa shape index (κ3) is 5.90. The van der Waals surface area contributed by atoms with Gasteiger partial charge in [0, 0.05) is 35.8 Å². The maximum atomic E-state index is 13.7. The number of benzene rings is 3. The standard InChI is InChI=1S/C36H36FN7OS/c37-29-8-4-7-26(17-29)21-44-33-10-9-30(18-28(33)19-39-44)40-35-31-13-16-46(23-34(45)41-32-22-42-14-11-27(32)12-15-42)36(31)43(24-38-35)20-25-5-2-1-3-6-25/h1-10,13,16-19,24,27,32,40H,11-12,14-15,20-23H2,(H,41,45). The minimum absolute atomic E-state index is 0.123. The maximum absolute atomic E-state index is 13.7. The van der Waals surface area contributed by atoms with E-state index in [4.69, 9.17) is 4.99 Å². The average Bonchev–Trinajstić information content (AvgIpc) is 3.67. The molecule has 1 aromatic heterocycles. The molecule has 0 spiro atoms. The number of carbonyl (C=O) groups is 1. The average molecular weight is 634 g/mol. The van der Waals surface area contributed by atoms with E-state index in [1.807, 2.05) is 41.5 Å². The van der Waals surface area contributed by atoms with Crippen LogP contribution in [0.1, 0.15) is 24.0 Å². The molecule has 234 valence electrons. The Morgan fingerprint density at radius 3 is 2.63 bits per heavy atom. The zero-order chi connectivity index (χ0) is 31.0. The van der Waals surface area contributed by atoms with Crippen molar-refractivity contribution in [3.05, 3.63) is 119 Å². The highest BCUT2D eigenvalue weighted by Gasteiger charge is 2.35. The van der Waals surface area contributed by atoms with E-state index < -0.39 is 10.5 Å². The van der Waals surface area contributed by atoms with Crippen molar-refractivity contribution in [3.8, 4) is 0 Å². The Kier molecular flexibility index (Phi) is 7.75. The van der Waals surface area contributed by atoms with Gasteiger partial charge in [0.05, 0.1) is 35.3 Å². The first-order chi connectivity index (χ1) is 22.6. The lowest BCUT2D eigenvalue weighted by molar-refractivity contribution is -0.120. The molecule has 46 heavy (non-hydrogen) atoms. The van der Waals surface area contributed by atoms with Crippen molar-refractivity contribution >= 4 is 44.3 Å². The topological polar surface area (TPSA) is 77.8 Å². The summed E-state index contributed by atoms with van der Waals surface area (Å²) in [4.78, 5) is 24.1. The van der Waals surface area contributed by atoms with Crippen LogP contribution in [0.25, 0.3) is 10.9 Å². The molecule has 9 rings (SSSR count). The van der Waals surface area contributed by atoms with E-state index in [2.05, 4.69) is 67.3 Å². The van der Waals surface area contributed by atoms with Crippen molar-refractivity contribution in [2.75, 3.05) is 30.7 Å². The lowest BCUT2D eigenvalue weighted by Crippen LogP contribution is -2.57. The Bertz CT molecular complexity index is 1920. The van der Waals surface area contributed by atoms with Crippen molar-refractivity contribution in [2.24, 2.45) is 10.9 Å². The summed E-state index contributed by atoms with van der Waals surface area (Å²) >= 11 is 0. The fourth-order valence-corrected chi connectivity index (χ4v) is 8.91. The van der Waals surface area contributed by atoms with Crippen LogP contribution in [0, 0.1) is 11.7 Å². The van der Waals surface area contributed by atoms with E-state index in [1.165, 1.54) is 30.5 Å². The molecular weight excluding hydrogens is 598 g/mol. The van der Waals surface area contributed by atoms with Crippen LogP contribution >= 0.6 is 10.5 Å². The molecule has 0 saturated carbocycles. The second kappa shape index (κ2) is 12.3. The second-order valence-corrected chi connectivity index (χ2v) is 14.2. The van der Waals surface area contributed by atoms with Gasteiger partial charge in [-0.2, -0.15) is 5.10 Å². The number of carbonyl (C=O) groups excluding carboxylic acids is 1. The molecule has 0 radical (unpaired) electrons. The summed E-state index contributed by atoms with van der Waals surface area (Å²) in [5.74, 6) is 1.66. The molecule has 5 aliphatic heterocycles. The molecule has 0 aliphatic carbocycles. The van der Waals surface area contributed by atoms with Gasteiger partial charge in [0.15, 0.2) is 0 Å². The summed E-state index contributed by atoms with van der Waals surface area (Å²) in [6.45, 7) is 4.45. The molecule has 2 bridgehead atoms. The third-order valence-corrected chi connectivity index (χ3v) is 11.3. The fraction of sp³-hybridized carbons (Fsp3) is 0.278. The van der Waals surface area contributed by atoms with Crippen molar-refractivity contribution in [1.82, 2.24) is 24.9 Å². The number of anilines is 1. The van der Waals surface area contributed by atoms with E-state index in [0.717, 1.165) is 58.2 Å². The molecule has 3 aromatic carbocycles. The van der Waals surface area contributed by atoms with Crippen molar-refractivity contribution < 1.29 is 9.18 Å². The molecule has 6 heterocycles. The predicted octanol–water partition coefficient (Wildman–Crippen LogP) is 5.53. The van der Waals surface area contributed by atoms with Gasteiger partial charge in [-0.05, 0) is 84.8 Å². The molecule has 2 unspecified atom stereocenters. The number of rotatable bonds is 9. The summed E-state index contributed by atoms with van der Waals surface area (Å²) < 4.78 is 15.6. The fourth-order valence-electron chi connectivity index (χ4n) is 7.03. The molecule has 5 aliphatic rings. The number of aliphatic imine (C=N–C) groups is 1. The molecule has 4 aromatic rings. The van der Waals surface area contributed by atoms with Gasteiger partial charge in [0.1, 0.15) is 11.6 Å². The second-order valence-electron chi connectivity index (χ2n) is 12.4. The summed E-state index contributed by atoms with van der Waals surface area (Å²) in [6.07, 6.45) is 8.20. The van der Waals surface area contributed by atoms with Crippen LogP contribution in [-0.2, 0) is 17.9 Å². The minimum Gasteiger partial charge on any atom is -0.351 e. The molecule has 8 nitrogen and oxygen atoms in total. The summed E-state index contributed by atoms with van der Waals surface area (Å²) in [5, 5.41) is 14.7. The van der Waals surface area contributed by atoms with E-state index >= 15 is 0 Å². The van der Waals surface area contributed by atoms with Crippen LogP contribution < -0.4 is 10.6 Å². The lowest BCUT2D eigenvalue weighted by atomic mass is 9.84. The van der Waals surface area contributed by atoms with Crippen LogP contribution in [0.15, 0.2) is 107 Å². The van der Waals surface area contributed by atoms with Crippen molar-refractivity contribution in [1.29, 1.82) is 0 Å². The van der Waals surface area contributed by atoms with E-state index in [0.29, 0.717) is 24.8 Å². The van der Waals surface area contributed by atoms with Gasteiger partial charge in [-0.15, -0.1) is 10.5 Å². The molecule has 1 amide bonds. The minimum atomic E-state index is -0.396.